The minimum atomic E-state index is -3.68. The van der Waals surface area contributed by atoms with Gasteiger partial charge < -0.3 is 20.7 Å². The molecule has 0 fully saturated rings. The van der Waals surface area contributed by atoms with Crippen LogP contribution in [-0.4, -0.2) is 59.8 Å². The number of carbonyl (C=O) groups excluding carboxylic acids is 1. The van der Waals surface area contributed by atoms with Crippen molar-refractivity contribution in [1.29, 1.82) is 0 Å². The summed E-state index contributed by atoms with van der Waals surface area (Å²) in [4.78, 5) is 24.3. The lowest BCUT2D eigenvalue weighted by molar-refractivity contribution is 0.0958. The van der Waals surface area contributed by atoms with Gasteiger partial charge in [-0.15, -0.1) is 10.2 Å². The van der Waals surface area contributed by atoms with Gasteiger partial charge in [0.2, 0.25) is 0 Å². The molecule has 13 heteroatoms. The Labute approximate surface area is 176 Å². The van der Waals surface area contributed by atoms with E-state index in [1.807, 2.05) is 5.32 Å². The number of sulfone groups is 1. The van der Waals surface area contributed by atoms with Gasteiger partial charge in [-0.3, -0.25) is 4.79 Å². The topological polar surface area (TPSA) is 161 Å². The van der Waals surface area contributed by atoms with Gasteiger partial charge in [0.1, 0.15) is 16.5 Å². The lowest BCUT2D eigenvalue weighted by atomic mass is 10.3. The van der Waals surface area contributed by atoms with Crippen LogP contribution in [0.2, 0.25) is 0 Å². The smallest absolute Gasteiger partial charge is 0.318 e. The number of nitrogens with one attached hydrogen (secondary N) is 3. The Morgan fingerprint density at radius 2 is 1.97 bits per heavy atom. The quantitative estimate of drug-likeness (QED) is 0.486. The van der Waals surface area contributed by atoms with Crippen LogP contribution in [0.4, 0.5) is 23.1 Å². The highest BCUT2D eigenvalue weighted by Crippen LogP contribution is 2.26. The highest BCUT2D eigenvalue weighted by molar-refractivity contribution is 7.90. The molecule has 3 N–H and O–H groups in total. The van der Waals surface area contributed by atoms with E-state index in [-0.39, 0.29) is 34.0 Å². The second kappa shape index (κ2) is 8.65. The number of nitrogens with zero attached hydrogens (tertiary/aromatic N) is 5. The third kappa shape index (κ3) is 4.75. The zero-order chi connectivity index (χ0) is 24.2. The zero-order valence-electron chi connectivity index (χ0n) is 18.7. The lowest BCUT2D eigenvalue weighted by Crippen LogP contribution is -2.22. The second-order valence-corrected chi connectivity index (χ2v) is 7.73. The molecule has 30 heavy (non-hydrogen) atoms. The predicted molar refractivity (Wildman–Crippen MR) is 108 cm³/mol. The summed E-state index contributed by atoms with van der Waals surface area (Å²) in [6.45, 7) is -2.78. The van der Waals surface area contributed by atoms with Crippen molar-refractivity contribution in [3.8, 4) is 6.01 Å². The van der Waals surface area contributed by atoms with Crippen molar-refractivity contribution in [3.63, 3.8) is 0 Å². The van der Waals surface area contributed by atoms with Gasteiger partial charge in [-0.1, -0.05) is 0 Å². The van der Waals surface area contributed by atoms with Crippen molar-refractivity contribution in [1.82, 2.24) is 30.5 Å². The Hall–Kier alpha value is -3.87. The van der Waals surface area contributed by atoms with E-state index in [1.54, 1.807) is 0 Å². The Morgan fingerprint density at radius 3 is 2.70 bits per heavy atom. The molecule has 0 unspecified atom stereocenters. The average molecular weight is 433 g/mol. The van der Waals surface area contributed by atoms with Crippen LogP contribution < -0.4 is 20.7 Å². The maximum atomic E-state index is 12.5. The van der Waals surface area contributed by atoms with Gasteiger partial charge in [-0.25, -0.2) is 18.4 Å². The van der Waals surface area contributed by atoms with Gasteiger partial charge in [0.15, 0.2) is 21.3 Å². The number of hydrogen-bond acceptors (Lipinski definition) is 11. The first-order valence-corrected chi connectivity index (χ1v) is 10.1. The molecular formula is C17H18N8O4S. The van der Waals surface area contributed by atoms with E-state index >= 15 is 0 Å². The minimum absolute atomic E-state index is 0.0566. The fourth-order valence-electron chi connectivity index (χ4n) is 2.33. The number of carbonyl (C=O) groups is 1. The molecule has 0 spiro atoms. The molecule has 3 aromatic rings. The largest absolute Gasteiger partial charge is 0.467 e. The van der Waals surface area contributed by atoms with Crippen molar-refractivity contribution in [2.24, 2.45) is 0 Å². The summed E-state index contributed by atoms with van der Waals surface area (Å²) in [5.74, 6) is -0.764. The second-order valence-electron chi connectivity index (χ2n) is 5.75. The lowest BCUT2D eigenvalue weighted by Gasteiger charge is -2.13. The molecule has 0 aliphatic heterocycles. The summed E-state index contributed by atoms with van der Waals surface area (Å²) in [6, 6.07) is 5.69. The SMILES string of the molecule is [2H]C([2H])([2H])NC(=O)c1nnc(Nc2ccnc(OC)n2)cc1Nc1ncccc1S(C)(=O)=O. The summed E-state index contributed by atoms with van der Waals surface area (Å²) in [7, 11) is -2.29. The van der Waals surface area contributed by atoms with Crippen LogP contribution in [0.5, 0.6) is 6.01 Å². The molecule has 0 aliphatic rings. The van der Waals surface area contributed by atoms with Crippen LogP contribution in [0.15, 0.2) is 41.6 Å². The van der Waals surface area contributed by atoms with Gasteiger partial charge >= 0.3 is 6.01 Å². The minimum Gasteiger partial charge on any atom is -0.467 e. The number of amides is 1. The first-order valence-electron chi connectivity index (χ1n) is 9.72. The molecule has 0 bridgehead atoms. The number of anilines is 4. The van der Waals surface area contributed by atoms with Crippen molar-refractivity contribution < 1.29 is 22.1 Å². The fraction of sp³-hybridized carbons (Fsp3) is 0.176. The molecular weight excluding hydrogens is 412 g/mol. The highest BCUT2D eigenvalue weighted by atomic mass is 32.2. The molecule has 0 aromatic carbocycles. The van der Waals surface area contributed by atoms with Crippen molar-refractivity contribution in [3.05, 3.63) is 42.4 Å². The molecule has 0 radical (unpaired) electrons. The van der Waals surface area contributed by atoms with E-state index in [0.29, 0.717) is 0 Å². The van der Waals surface area contributed by atoms with Crippen LogP contribution in [-0.2, 0) is 9.84 Å². The Morgan fingerprint density at radius 1 is 1.13 bits per heavy atom. The maximum Gasteiger partial charge on any atom is 0.318 e. The molecule has 3 heterocycles. The van der Waals surface area contributed by atoms with Gasteiger partial charge in [-0.05, 0) is 18.2 Å². The summed E-state index contributed by atoms with van der Waals surface area (Å²) in [5.41, 5.74) is -0.457. The van der Waals surface area contributed by atoms with Gasteiger partial charge in [-0.2, -0.15) is 4.98 Å². The predicted octanol–water partition coefficient (Wildman–Crippen LogP) is 0.920. The molecule has 0 saturated carbocycles. The van der Waals surface area contributed by atoms with Gasteiger partial charge in [0.05, 0.1) is 12.8 Å². The molecule has 3 aromatic heterocycles. The third-order valence-electron chi connectivity index (χ3n) is 3.62. The monoisotopic (exact) mass is 433 g/mol. The Kier molecular flexibility index (Phi) is 4.91. The van der Waals surface area contributed by atoms with E-state index in [0.717, 1.165) is 6.26 Å². The summed E-state index contributed by atoms with van der Waals surface area (Å²) >= 11 is 0. The van der Waals surface area contributed by atoms with Crippen LogP contribution in [0, 0.1) is 0 Å². The number of methoxy groups -OCH3 is 1. The average Bonchev–Trinajstić information content (AvgIpc) is 2.72. The number of ether oxygens (including phenoxy) is 1. The standard InChI is InChI=1S/C17H18N8O4S/c1-18-16(26)14-10(21-15-11(30(3,27)28)5-4-7-19-15)9-13(24-25-14)22-12-6-8-20-17(23-12)29-2/h4-9H,1-3H3,(H,18,26)(H2,19,20,21,22,23,24)/i1D3. The highest BCUT2D eigenvalue weighted by Gasteiger charge is 2.19. The molecule has 1 amide bonds. The number of rotatable bonds is 7. The normalized spacial score (nSPS) is 12.8. The maximum absolute atomic E-state index is 12.5. The summed E-state index contributed by atoms with van der Waals surface area (Å²) < 4.78 is 50.9. The summed E-state index contributed by atoms with van der Waals surface area (Å²) in [6.07, 6.45) is 3.78. The van der Waals surface area contributed by atoms with E-state index in [4.69, 9.17) is 8.85 Å². The van der Waals surface area contributed by atoms with E-state index in [2.05, 4.69) is 35.8 Å². The van der Waals surface area contributed by atoms with Gasteiger partial charge in [0, 0.05) is 35.8 Å². The molecule has 0 atom stereocenters. The molecule has 12 nitrogen and oxygen atoms in total. The Balaban J connectivity index is 2.04. The van der Waals surface area contributed by atoms with Crippen molar-refractivity contribution in [2.75, 3.05) is 31.0 Å². The van der Waals surface area contributed by atoms with Gasteiger partial charge in [0.25, 0.3) is 5.91 Å². The molecule has 156 valence electrons. The molecule has 3 rings (SSSR count). The number of aromatic nitrogens is 5. The van der Waals surface area contributed by atoms with E-state index < -0.39 is 28.4 Å². The van der Waals surface area contributed by atoms with Crippen molar-refractivity contribution in [2.45, 2.75) is 4.90 Å². The molecule has 0 saturated heterocycles. The Bertz CT molecular complexity index is 1290. The molecule has 0 aliphatic carbocycles. The summed E-state index contributed by atoms with van der Waals surface area (Å²) in [5, 5.41) is 15.0. The van der Waals surface area contributed by atoms with Crippen LogP contribution in [0.1, 0.15) is 14.6 Å². The fourth-order valence-corrected chi connectivity index (χ4v) is 3.11. The van der Waals surface area contributed by atoms with E-state index in [9.17, 15) is 13.2 Å². The van der Waals surface area contributed by atoms with Crippen LogP contribution in [0.3, 0.4) is 0 Å². The van der Waals surface area contributed by atoms with Crippen molar-refractivity contribution >= 4 is 38.9 Å². The van der Waals surface area contributed by atoms with Crippen LogP contribution in [0.25, 0.3) is 0 Å². The first-order chi connectivity index (χ1) is 15.5. The van der Waals surface area contributed by atoms with E-state index in [1.165, 1.54) is 43.8 Å². The number of hydrogen-bond donors (Lipinski definition) is 3. The number of pyridine rings is 1. The third-order valence-corrected chi connectivity index (χ3v) is 4.75. The zero-order valence-corrected chi connectivity index (χ0v) is 16.6. The van der Waals surface area contributed by atoms with Crippen LogP contribution >= 0.6 is 0 Å². The first kappa shape index (κ1) is 17.0.